The molecule has 0 saturated heterocycles. The number of sulfonamides is 1. The third-order valence-corrected chi connectivity index (χ3v) is 7.71. The van der Waals surface area contributed by atoms with Crippen LogP contribution in [0.25, 0.3) is 0 Å². The van der Waals surface area contributed by atoms with Crippen molar-refractivity contribution < 1.29 is 27.6 Å². The molecule has 1 aliphatic heterocycles. The second-order valence-electron chi connectivity index (χ2n) is 7.67. The molecule has 1 saturated carbocycles. The van der Waals surface area contributed by atoms with Crippen molar-refractivity contribution in [3.63, 3.8) is 0 Å². The lowest BCUT2D eigenvalue weighted by Crippen LogP contribution is -2.38. The third-order valence-electron chi connectivity index (χ3n) is 5.79. The topological polar surface area (TPSA) is 101 Å². The Balaban J connectivity index is 1.47. The second kappa shape index (κ2) is 8.24. The summed E-state index contributed by atoms with van der Waals surface area (Å²) in [5.74, 6) is -2.37. The number of nitrogens with zero attached hydrogens (tertiary/aromatic N) is 2. The molecule has 2 amide bonds. The number of hydroxylamine groups is 2. The van der Waals surface area contributed by atoms with Gasteiger partial charge in [0.15, 0.2) is 0 Å². The number of benzene rings is 2. The molecule has 0 radical (unpaired) electrons. The van der Waals surface area contributed by atoms with Crippen molar-refractivity contribution in [2.24, 2.45) is 0 Å². The minimum absolute atomic E-state index is 0.0239. The molecule has 0 aromatic heterocycles. The van der Waals surface area contributed by atoms with Crippen LogP contribution in [0.4, 0.5) is 0 Å². The highest BCUT2D eigenvalue weighted by Gasteiger charge is 2.39. The largest absolute Gasteiger partial charge is 0.363 e. The Labute approximate surface area is 180 Å². The van der Waals surface area contributed by atoms with Crippen LogP contribution in [0.5, 0.6) is 0 Å². The fraction of sp³-hybridized carbons (Fsp3) is 0.318. The molecule has 4 rings (SSSR count). The number of imide groups is 1. The van der Waals surface area contributed by atoms with Crippen LogP contribution in [-0.4, -0.2) is 48.7 Å². The van der Waals surface area contributed by atoms with Gasteiger partial charge in [-0.2, -0.15) is 4.31 Å². The van der Waals surface area contributed by atoms with Gasteiger partial charge in [0, 0.05) is 13.1 Å². The Bertz CT molecular complexity index is 1100. The van der Waals surface area contributed by atoms with Crippen LogP contribution in [-0.2, 0) is 14.9 Å². The summed E-state index contributed by atoms with van der Waals surface area (Å²) in [6, 6.07) is 11.4. The van der Waals surface area contributed by atoms with Gasteiger partial charge in [-0.3, -0.25) is 9.59 Å². The third kappa shape index (κ3) is 3.86. The van der Waals surface area contributed by atoms with Crippen LogP contribution >= 0.6 is 0 Å². The van der Waals surface area contributed by atoms with Crippen molar-refractivity contribution in [1.29, 1.82) is 0 Å². The number of amides is 2. The van der Waals surface area contributed by atoms with Crippen molar-refractivity contribution >= 4 is 27.8 Å². The number of hydrogen-bond donors (Lipinski definition) is 0. The van der Waals surface area contributed by atoms with Crippen LogP contribution in [0, 0.1) is 0 Å². The first-order valence-corrected chi connectivity index (χ1v) is 11.5. The van der Waals surface area contributed by atoms with E-state index in [1.165, 1.54) is 40.7 Å². The quantitative estimate of drug-likeness (QED) is 0.660. The Hall–Kier alpha value is -3.04. The maximum atomic E-state index is 12.9. The first kappa shape index (κ1) is 21.2. The van der Waals surface area contributed by atoms with Gasteiger partial charge in [-0.15, -0.1) is 0 Å². The van der Waals surface area contributed by atoms with Crippen molar-refractivity contribution in [2.75, 3.05) is 7.05 Å². The Morgan fingerprint density at radius 1 is 0.935 bits per heavy atom. The fourth-order valence-corrected chi connectivity index (χ4v) is 5.37. The summed E-state index contributed by atoms with van der Waals surface area (Å²) < 4.78 is 27.2. The lowest BCUT2D eigenvalue weighted by Gasteiger charge is -2.30. The first-order valence-electron chi connectivity index (χ1n) is 10.1. The van der Waals surface area contributed by atoms with Gasteiger partial charge in [-0.1, -0.05) is 36.5 Å². The number of hydrogen-bond acceptors (Lipinski definition) is 6. The summed E-state index contributed by atoms with van der Waals surface area (Å²) in [4.78, 5) is 42.2. The van der Waals surface area contributed by atoms with Gasteiger partial charge >= 0.3 is 5.97 Å². The Kier molecular flexibility index (Phi) is 5.63. The lowest BCUT2D eigenvalue weighted by molar-refractivity contribution is -0.0584. The van der Waals surface area contributed by atoms with E-state index in [4.69, 9.17) is 4.84 Å². The zero-order valence-corrected chi connectivity index (χ0v) is 17.8. The van der Waals surface area contributed by atoms with Crippen LogP contribution in [0.15, 0.2) is 53.4 Å². The molecule has 0 unspecified atom stereocenters. The monoisotopic (exact) mass is 442 g/mol. The number of carbonyl (C=O) groups is 3. The molecular weight excluding hydrogens is 420 g/mol. The highest BCUT2D eigenvalue weighted by atomic mass is 32.2. The molecule has 31 heavy (non-hydrogen) atoms. The molecule has 1 fully saturated rings. The van der Waals surface area contributed by atoms with Crippen molar-refractivity contribution in [1.82, 2.24) is 9.37 Å². The first-order chi connectivity index (χ1) is 14.8. The molecule has 0 atom stereocenters. The summed E-state index contributed by atoms with van der Waals surface area (Å²) in [6.45, 7) is 0. The zero-order chi connectivity index (χ0) is 22.2. The maximum Gasteiger partial charge on any atom is 0.363 e. The molecule has 8 nitrogen and oxygen atoms in total. The van der Waals surface area contributed by atoms with Gasteiger partial charge in [0.1, 0.15) is 0 Å². The SMILES string of the molecule is CN(C1CCCCC1)S(=O)(=O)c1ccc(C(=O)ON2C(=O)c3ccccc3C2=O)cc1. The van der Waals surface area contributed by atoms with Crippen molar-refractivity contribution in [3.8, 4) is 0 Å². The van der Waals surface area contributed by atoms with Gasteiger partial charge in [-0.25, -0.2) is 13.2 Å². The molecule has 1 aliphatic carbocycles. The van der Waals surface area contributed by atoms with E-state index in [1.54, 1.807) is 19.2 Å². The summed E-state index contributed by atoms with van der Waals surface area (Å²) in [5, 5.41) is 0.425. The van der Waals surface area contributed by atoms with E-state index >= 15 is 0 Å². The zero-order valence-electron chi connectivity index (χ0n) is 17.0. The van der Waals surface area contributed by atoms with Gasteiger partial charge in [0.25, 0.3) is 11.8 Å². The predicted molar refractivity (Wildman–Crippen MR) is 111 cm³/mol. The van der Waals surface area contributed by atoms with Crippen LogP contribution < -0.4 is 0 Å². The van der Waals surface area contributed by atoms with Crippen molar-refractivity contribution in [2.45, 2.75) is 43.0 Å². The Morgan fingerprint density at radius 2 is 1.48 bits per heavy atom. The van der Waals surface area contributed by atoms with E-state index in [9.17, 15) is 22.8 Å². The molecule has 9 heteroatoms. The van der Waals surface area contributed by atoms with Gasteiger partial charge in [0.2, 0.25) is 10.0 Å². The minimum atomic E-state index is -3.69. The molecule has 0 bridgehead atoms. The molecule has 0 spiro atoms. The van der Waals surface area contributed by atoms with E-state index < -0.39 is 27.8 Å². The molecule has 2 aliphatic rings. The fourth-order valence-electron chi connectivity index (χ4n) is 3.96. The smallest absolute Gasteiger partial charge is 0.324 e. The summed E-state index contributed by atoms with van der Waals surface area (Å²) in [5.41, 5.74) is 0.343. The number of fused-ring (bicyclic) bond motifs is 1. The average molecular weight is 442 g/mol. The van der Waals surface area contributed by atoms with Crippen LogP contribution in [0.2, 0.25) is 0 Å². The lowest BCUT2D eigenvalue weighted by atomic mass is 9.96. The minimum Gasteiger partial charge on any atom is -0.324 e. The molecule has 1 heterocycles. The van der Waals surface area contributed by atoms with Gasteiger partial charge in [0.05, 0.1) is 21.6 Å². The van der Waals surface area contributed by atoms with E-state index in [0.717, 1.165) is 32.1 Å². The Morgan fingerprint density at radius 3 is 2.03 bits per heavy atom. The van der Waals surface area contributed by atoms with Crippen LogP contribution in [0.1, 0.15) is 63.2 Å². The summed E-state index contributed by atoms with van der Waals surface area (Å²) >= 11 is 0. The van der Waals surface area contributed by atoms with E-state index in [2.05, 4.69) is 0 Å². The number of carbonyl (C=O) groups excluding carboxylic acids is 3. The van der Waals surface area contributed by atoms with Crippen LogP contribution in [0.3, 0.4) is 0 Å². The molecule has 2 aromatic rings. The molecule has 2 aromatic carbocycles. The van der Waals surface area contributed by atoms with Gasteiger partial charge < -0.3 is 4.84 Å². The summed E-state index contributed by atoms with van der Waals surface area (Å²) in [7, 11) is -2.12. The van der Waals surface area contributed by atoms with E-state index in [0.29, 0.717) is 5.06 Å². The normalized spacial score (nSPS) is 17.2. The standard InChI is InChI=1S/C22H22N2O6S/c1-23(16-7-3-2-4-8-16)31(28,29)17-13-11-15(12-14-17)22(27)30-24-20(25)18-9-5-6-10-19(18)21(24)26/h5-6,9-14,16H,2-4,7-8H2,1H3. The molecular formula is C22H22N2O6S. The van der Waals surface area contributed by atoms with Crippen molar-refractivity contribution in [3.05, 3.63) is 65.2 Å². The highest BCUT2D eigenvalue weighted by molar-refractivity contribution is 7.89. The highest BCUT2D eigenvalue weighted by Crippen LogP contribution is 2.27. The molecule has 0 N–H and O–H groups in total. The summed E-state index contributed by atoms with van der Waals surface area (Å²) in [6.07, 6.45) is 4.80. The second-order valence-corrected chi connectivity index (χ2v) is 9.66. The maximum absolute atomic E-state index is 12.9. The van der Waals surface area contributed by atoms with E-state index in [1.807, 2.05) is 0 Å². The predicted octanol–water partition coefficient (Wildman–Crippen LogP) is 3.01. The average Bonchev–Trinajstić information content (AvgIpc) is 3.04. The number of rotatable bonds is 5. The van der Waals surface area contributed by atoms with E-state index in [-0.39, 0.29) is 27.6 Å². The molecule has 162 valence electrons. The van der Waals surface area contributed by atoms with Gasteiger partial charge in [-0.05, 0) is 49.2 Å².